The fourth-order valence-electron chi connectivity index (χ4n) is 1.07. The first kappa shape index (κ1) is 12.9. The van der Waals surface area contributed by atoms with E-state index in [1.165, 1.54) is 0 Å². The zero-order chi connectivity index (χ0) is 11.0. The number of amides is 1. The highest BCUT2D eigenvalue weighted by molar-refractivity contribution is 5.81. The second-order valence-corrected chi connectivity index (χ2v) is 3.22. The number of carbonyl (C=O) groups is 1. The van der Waals surface area contributed by atoms with Crippen LogP contribution < -0.4 is 10.6 Å². The van der Waals surface area contributed by atoms with Gasteiger partial charge in [-0.3, -0.25) is 4.79 Å². The van der Waals surface area contributed by atoms with E-state index >= 15 is 0 Å². The SMILES string of the molecule is C#CCNC(=O)C(C)NC(C)CCO. The van der Waals surface area contributed by atoms with E-state index in [0.29, 0.717) is 6.42 Å². The molecule has 0 rings (SSSR count). The summed E-state index contributed by atoms with van der Waals surface area (Å²) in [6.07, 6.45) is 5.64. The van der Waals surface area contributed by atoms with E-state index in [2.05, 4.69) is 16.6 Å². The molecule has 0 aromatic carbocycles. The van der Waals surface area contributed by atoms with Gasteiger partial charge >= 0.3 is 0 Å². The third-order valence-electron chi connectivity index (χ3n) is 1.85. The molecule has 0 heterocycles. The molecule has 3 N–H and O–H groups in total. The van der Waals surface area contributed by atoms with E-state index in [4.69, 9.17) is 11.5 Å². The van der Waals surface area contributed by atoms with Gasteiger partial charge in [-0.05, 0) is 20.3 Å². The Morgan fingerprint density at radius 1 is 1.57 bits per heavy atom. The Labute approximate surface area is 85.1 Å². The fraction of sp³-hybridized carbons (Fsp3) is 0.700. The van der Waals surface area contributed by atoms with Crippen molar-refractivity contribution in [2.75, 3.05) is 13.2 Å². The molecule has 0 spiro atoms. The van der Waals surface area contributed by atoms with Crippen LogP contribution in [0.4, 0.5) is 0 Å². The summed E-state index contributed by atoms with van der Waals surface area (Å²) in [5, 5.41) is 14.3. The lowest BCUT2D eigenvalue weighted by molar-refractivity contribution is -0.122. The topological polar surface area (TPSA) is 61.4 Å². The molecule has 0 aliphatic carbocycles. The average Bonchev–Trinajstić information content (AvgIpc) is 2.14. The Morgan fingerprint density at radius 2 is 2.21 bits per heavy atom. The summed E-state index contributed by atoms with van der Waals surface area (Å²) >= 11 is 0. The van der Waals surface area contributed by atoms with E-state index in [0.717, 1.165) is 0 Å². The van der Waals surface area contributed by atoms with E-state index in [1.807, 2.05) is 6.92 Å². The minimum Gasteiger partial charge on any atom is -0.396 e. The summed E-state index contributed by atoms with van der Waals surface area (Å²) in [4.78, 5) is 11.3. The van der Waals surface area contributed by atoms with Crippen LogP contribution in [0.5, 0.6) is 0 Å². The molecule has 14 heavy (non-hydrogen) atoms. The molecule has 2 unspecified atom stereocenters. The first-order valence-electron chi connectivity index (χ1n) is 4.70. The molecule has 0 saturated carbocycles. The molecule has 0 saturated heterocycles. The molecule has 0 radical (unpaired) electrons. The Kier molecular flexibility index (Phi) is 6.81. The van der Waals surface area contributed by atoms with Gasteiger partial charge in [-0.25, -0.2) is 0 Å². The number of terminal acetylenes is 1. The lowest BCUT2D eigenvalue weighted by Gasteiger charge is -2.18. The molecule has 0 bridgehead atoms. The van der Waals surface area contributed by atoms with Gasteiger partial charge in [-0.15, -0.1) is 6.42 Å². The molecular formula is C10H18N2O2. The quantitative estimate of drug-likeness (QED) is 0.503. The molecule has 80 valence electrons. The third kappa shape index (κ3) is 5.57. The standard InChI is InChI=1S/C10H18N2O2/c1-4-6-11-10(14)9(3)12-8(2)5-7-13/h1,8-9,12-13H,5-7H2,2-3H3,(H,11,14). The van der Waals surface area contributed by atoms with Crippen molar-refractivity contribution in [2.45, 2.75) is 32.4 Å². The molecule has 2 atom stereocenters. The first-order valence-corrected chi connectivity index (χ1v) is 4.70. The highest BCUT2D eigenvalue weighted by atomic mass is 16.3. The highest BCUT2D eigenvalue weighted by Gasteiger charge is 2.13. The Hall–Kier alpha value is -1.05. The van der Waals surface area contributed by atoms with E-state index in [-0.39, 0.29) is 31.1 Å². The molecule has 0 aromatic heterocycles. The second-order valence-electron chi connectivity index (χ2n) is 3.22. The molecule has 4 heteroatoms. The van der Waals surface area contributed by atoms with Crippen LogP contribution in [0.1, 0.15) is 20.3 Å². The first-order chi connectivity index (χ1) is 6.61. The van der Waals surface area contributed by atoms with Crippen molar-refractivity contribution in [3.63, 3.8) is 0 Å². The van der Waals surface area contributed by atoms with Crippen molar-refractivity contribution in [3.8, 4) is 12.3 Å². The van der Waals surface area contributed by atoms with Gasteiger partial charge < -0.3 is 15.7 Å². The lowest BCUT2D eigenvalue weighted by Crippen LogP contribution is -2.46. The summed E-state index contributed by atoms with van der Waals surface area (Å²) in [5.41, 5.74) is 0. The summed E-state index contributed by atoms with van der Waals surface area (Å²) < 4.78 is 0. The summed E-state index contributed by atoms with van der Waals surface area (Å²) in [7, 11) is 0. The minimum atomic E-state index is -0.287. The highest BCUT2D eigenvalue weighted by Crippen LogP contribution is 1.92. The van der Waals surface area contributed by atoms with Crippen molar-refractivity contribution in [2.24, 2.45) is 0 Å². The Morgan fingerprint density at radius 3 is 2.71 bits per heavy atom. The van der Waals surface area contributed by atoms with Gasteiger partial charge in [0.05, 0.1) is 12.6 Å². The van der Waals surface area contributed by atoms with Crippen molar-refractivity contribution >= 4 is 5.91 Å². The molecule has 0 aromatic rings. The van der Waals surface area contributed by atoms with Crippen LogP contribution >= 0.6 is 0 Å². The maximum atomic E-state index is 11.3. The average molecular weight is 198 g/mol. The van der Waals surface area contributed by atoms with E-state index in [9.17, 15) is 4.79 Å². The van der Waals surface area contributed by atoms with Crippen LogP contribution in [0.15, 0.2) is 0 Å². The van der Waals surface area contributed by atoms with Crippen LogP contribution in [0, 0.1) is 12.3 Å². The maximum absolute atomic E-state index is 11.3. The molecule has 0 aliphatic heterocycles. The number of hydrogen-bond acceptors (Lipinski definition) is 3. The molecular weight excluding hydrogens is 180 g/mol. The number of carbonyl (C=O) groups excluding carboxylic acids is 1. The van der Waals surface area contributed by atoms with Crippen molar-refractivity contribution in [1.82, 2.24) is 10.6 Å². The van der Waals surface area contributed by atoms with Gasteiger partial charge in [0.2, 0.25) is 5.91 Å². The van der Waals surface area contributed by atoms with Gasteiger partial charge in [-0.2, -0.15) is 0 Å². The van der Waals surface area contributed by atoms with Crippen molar-refractivity contribution in [1.29, 1.82) is 0 Å². The normalized spacial score (nSPS) is 14.1. The maximum Gasteiger partial charge on any atom is 0.237 e. The van der Waals surface area contributed by atoms with Gasteiger partial charge in [0.15, 0.2) is 0 Å². The smallest absolute Gasteiger partial charge is 0.237 e. The lowest BCUT2D eigenvalue weighted by atomic mass is 10.2. The van der Waals surface area contributed by atoms with Gasteiger partial charge in [-0.1, -0.05) is 5.92 Å². The van der Waals surface area contributed by atoms with Crippen LogP contribution in [-0.2, 0) is 4.79 Å². The van der Waals surface area contributed by atoms with Crippen LogP contribution in [0.25, 0.3) is 0 Å². The number of aliphatic hydroxyl groups is 1. The summed E-state index contributed by atoms with van der Waals surface area (Å²) in [6, 6.07) is -0.170. The summed E-state index contributed by atoms with van der Waals surface area (Å²) in [6.45, 7) is 4.05. The molecule has 1 amide bonds. The predicted molar refractivity (Wildman–Crippen MR) is 55.6 cm³/mol. The predicted octanol–water partition coefficient (Wildman–Crippen LogP) is -0.515. The Balaban J connectivity index is 3.77. The molecule has 4 nitrogen and oxygen atoms in total. The number of nitrogens with one attached hydrogen (secondary N) is 2. The summed E-state index contributed by atoms with van der Waals surface area (Å²) in [5.74, 6) is 2.21. The number of hydrogen-bond donors (Lipinski definition) is 3. The number of rotatable bonds is 6. The third-order valence-corrected chi connectivity index (χ3v) is 1.85. The van der Waals surface area contributed by atoms with Gasteiger partial charge in [0.25, 0.3) is 0 Å². The van der Waals surface area contributed by atoms with Crippen LogP contribution in [0.3, 0.4) is 0 Å². The molecule has 0 fully saturated rings. The van der Waals surface area contributed by atoms with E-state index < -0.39 is 0 Å². The van der Waals surface area contributed by atoms with E-state index in [1.54, 1.807) is 6.92 Å². The minimum absolute atomic E-state index is 0.117. The monoisotopic (exact) mass is 198 g/mol. The Bertz CT molecular complexity index is 211. The zero-order valence-electron chi connectivity index (χ0n) is 8.71. The fourth-order valence-corrected chi connectivity index (χ4v) is 1.07. The molecule has 0 aliphatic rings. The van der Waals surface area contributed by atoms with Gasteiger partial charge in [0, 0.05) is 12.6 Å². The van der Waals surface area contributed by atoms with Gasteiger partial charge in [0.1, 0.15) is 0 Å². The van der Waals surface area contributed by atoms with Crippen LogP contribution in [0.2, 0.25) is 0 Å². The largest absolute Gasteiger partial charge is 0.396 e. The number of aliphatic hydroxyl groups excluding tert-OH is 1. The zero-order valence-corrected chi connectivity index (χ0v) is 8.71. The van der Waals surface area contributed by atoms with Crippen molar-refractivity contribution in [3.05, 3.63) is 0 Å². The van der Waals surface area contributed by atoms with Crippen molar-refractivity contribution < 1.29 is 9.90 Å². The second kappa shape index (κ2) is 7.36. The van der Waals surface area contributed by atoms with Crippen LogP contribution in [-0.4, -0.2) is 36.2 Å².